The molecule has 1 N–H and O–H groups in total. The summed E-state index contributed by atoms with van der Waals surface area (Å²) in [6.45, 7) is 1.96. The molecular formula is C14H12BrNO2S. The van der Waals surface area contributed by atoms with Crippen molar-refractivity contribution in [1.82, 2.24) is 4.98 Å². The van der Waals surface area contributed by atoms with Crippen molar-refractivity contribution in [2.24, 2.45) is 5.92 Å². The van der Waals surface area contributed by atoms with Gasteiger partial charge < -0.3 is 5.11 Å². The molecule has 1 aliphatic carbocycles. The minimum Gasteiger partial charge on any atom is -0.481 e. The van der Waals surface area contributed by atoms with Gasteiger partial charge in [0.05, 0.1) is 11.6 Å². The van der Waals surface area contributed by atoms with Gasteiger partial charge in [0.2, 0.25) is 0 Å². The summed E-state index contributed by atoms with van der Waals surface area (Å²) in [4.78, 5) is 16.7. The lowest BCUT2D eigenvalue weighted by Gasteiger charge is -1.96. The van der Waals surface area contributed by atoms with E-state index < -0.39 is 5.97 Å². The van der Waals surface area contributed by atoms with E-state index >= 15 is 0 Å². The van der Waals surface area contributed by atoms with Crippen molar-refractivity contribution >= 4 is 33.2 Å². The molecule has 2 atom stereocenters. The van der Waals surface area contributed by atoms with Gasteiger partial charge in [0, 0.05) is 20.8 Å². The fraction of sp³-hybridized carbons (Fsp3) is 0.286. The molecule has 0 amide bonds. The zero-order valence-electron chi connectivity index (χ0n) is 10.3. The first-order chi connectivity index (χ1) is 9.06. The maximum absolute atomic E-state index is 11.0. The Bertz CT molecular complexity index is 653. The van der Waals surface area contributed by atoms with E-state index in [1.54, 1.807) is 11.3 Å². The largest absolute Gasteiger partial charge is 0.481 e. The Morgan fingerprint density at radius 1 is 1.53 bits per heavy atom. The summed E-state index contributed by atoms with van der Waals surface area (Å²) >= 11 is 5.07. The van der Waals surface area contributed by atoms with Crippen molar-refractivity contribution in [3.05, 3.63) is 39.3 Å². The number of carboxylic acid groups (broad SMARTS) is 1. The quantitative estimate of drug-likeness (QED) is 0.918. The van der Waals surface area contributed by atoms with Crippen LogP contribution in [0.2, 0.25) is 0 Å². The highest BCUT2D eigenvalue weighted by molar-refractivity contribution is 9.10. The molecule has 1 heterocycles. The Balaban J connectivity index is 1.92. The number of carboxylic acids is 1. The lowest BCUT2D eigenvalue weighted by Crippen LogP contribution is -1.98. The Morgan fingerprint density at radius 2 is 2.32 bits per heavy atom. The van der Waals surface area contributed by atoms with Gasteiger partial charge in [-0.25, -0.2) is 4.98 Å². The first kappa shape index (κ1) is 12.8. The van der Waals surface area contributed by atoms with Crippen molar-refractivity contribution in [1.29, 1.82) is 0 Å². The van der Waals surface area contributed by atoms with E-state index in [1.807, 2.05) is 31.2 Å². The van der Waals surface area contributed by atoms with Crippen molar-refractivity contribution in [2.45, 2.75) is 19.3 Å². The Hall–Kier alpha value is -1.20. The average Bonchev–Trinajstić information content (AvgIpc) is 3.06. The van der Waals surface area contributed by atoms with Crippen LogP contribution in [-0.4, -0.2) is 16.1 Å². The normalized spacial score (nSPS) is 21.4. The van der Waals surface area contributed by atoms with E-state index in [-0.39, 0.29) is 11.8 Å². The number of aryl methyl sites for hydroxylation is 1. The van der Waals surface area contributed by atoms with Crippen LogP contribution < -0.4 is 0 Å². The second-order valence-corrected chi connectivity index (χ2v) is 6.71. The smallest absolute Gasteiger partial charge is 0.307 e. The topological polar surface area (TPSA) is 50.2 Å². The van der Waals surface area contributed by atoms with Crippen molar-refractivity contribution in [3.8, 4) is 10.6 Å². The second kappa shape index (κ2) is 4.72. The number of aliphatic carboxylic acids is 1. The fourth-order valence-electron chi connectivity index (χ4n) is 2.25. The van der Waals surface area contributed by atoms with Gasteiger partial charge in [-0.15, -0.1) is 11.3 Å². The summed E-state index contributed by atoms with van der Waals surface area (Å²) in [5, 5.41) is 9.98. The zero-order valence-corrected chi connectivity index (χ0v) is 12.7. The molecule has 1 aromatic heterocycles. The highest BCUT2D eigenvalue weighted by Gasteiger charge is 2.46. The molecular weight excluding hydrogens is 326 g/mol. The van der Waals surface area contributed by atoms with Crippen LogP contribution in [-0.2, 0) is 4.79 Å². The average molecular weight is 338 g/mol. The van der Waals surface area contributed by atoms with E-state index in [0.29, 0.717) is 0 Å². The Labute approximate surface area is 123 Å². The molecule has 19 heavy (non-hydrogen) atoms. The Morgan fingerprint density at radius 3 is 2.95 bits per heavy atom. The highest BCUT2D eigenvalue weighted by atomic mass is 79.9. The van der Waals surface area contributed by atoms with E-state index in [4.69, 9.17) is 5.11 Å². The molecule has 98 valence electrons. The number of nitrogens with zero attached hydrogens (tertiary/aromatic N) is 1. The number of thiazole rings is 1. The van der Waals surface area contributed by atoms with E-state index in [2.05, 4.69) is 20.9 Å². The van der Waals surface area contributed by atoms with Crippen LogP contribution >= 0.6 is 27.3 Å². The molecule has 2 unspecified atom stereocenters. The van der Waals surface area contributed by atoms with Gasteiger partial charge in [-0.05, 0) is 25.5 Å². The van der Waals surface area contributed by atoms with Gasteiger partial charge in [0.1, 0.15) is 5.01 Å². The number of hydrogen-bond acceptors (Lipinski definition) is 3. The molecule has 1 fully saturated rings. The Kier molecular flexibility index (Phi) is 3.19. The molecule has 1 saturated carbocycles. The molecule has 2 aromatic rings. The lowest BCUT2D eigenvalue weighted by molar-refractivity contribution is -0.138. The maximum Gasteiger partial charge on any atom is 0.307 e. The molecule has 0 bridgehead atoms. The zero-order chi connectivity index (χ0) is 13.6. The summed E-state index contributed by atoms with van der Waals surface area (Å²) in [6.07, 6.45) is 0.746. The predicted octanol–water partition coefficient (Wildman–Crippen LogP) is 4.07. The summed E-state index contributed by atoms with van der Waals surface area (Å²) in [5.41, 5.74) is 2.04. The number of rotatable bonds is 3. The third-order valence-electron chi connectivity index (χ3n) is 3.35. The summed E-state index contributed by atoms with van der Waals surface area (Å²) < 4.78 is 1.02. The van der Waals surface area contributed by atoms with Crippen molar-refractivity contribution in [3.63, 3.8) is 0 Å². The number of carbonyl (C=O) groups is 1. The molecule has 5 heteroatoms. The number of hydrogen-bond donors (Lipinski definition) is 1. The third-order valence-corrected chi connectivity index (χ3v) is 5.18. The van der Waals surface area contributed by atoms with Gasteiger partial charge in [0.25, 0.3) is 0 Å². The van der Waals surface area contributed by atoms with Crippen LogP contribution in [0.5, 0.6) is 0 Å². The predicted molar refractivity (Wildman–Crippen MR) is 78.5 cm³/mol. The van der Waals surface area contributed by atoms with E-state index in [9.17, 15) is 4.79 Å². The van der Waals surface area contributed by atoms with Crippen molar-refractivity contribution < 1.29 is 9.90 Å². The van der Waals surface area contributed by atoms with Crippen LogP contribution in [0.3, 0.4) is 0 Å². The number of benzene rings is 1. The molecule has 0 spiro atoms. The van der Waals surface area contributed by atoms with Gasteiger partial charge in [-0.1, -0.05) is 28.1 Å². The summed E-state index contributed by atoms with van der Waals surface area (Å²) in [6, 6.07) is 8.01. The molecule has 0 saturated heterocycles. The minimum absolute atomic E-state index is 0.163. The first-order valence-electron chi connectivity index (χ1n) is 6.02. The monoisotopic (exact) mass is 337 g/mol. The SMILES string of the molecule is Cc1nc(-c2cccc(Br)c2)sc1C1CC1C(=O)O. The van der Waals surface area contributed by atoms with Crippen LogP contribution in [0.15, 0.2) is 28.7 Å². The molecule has 0 radical (unpaired) electrons. The summed E-state index contributed by atoms with van der Waals surface area (Å²) in [5.74, 6) is -0.743. The van der Waals surface area contributed by atoms with Gasteiger partial charge >= 0.3 is 5.97 Å². The molecule has 3 rings (SSSR count). The van der Waals surface area contributed by atoms with E-state index in [1.165, 1.54) is 0 Å². The molecule has 1 aromatic carbocycles. The molecule has 3 nitrogen and oxygen atoms in total. The maximum atomic E-state index is 11.0. The molecule has 1 aliphatic rings. The van der Waals surface area contributed by atoms with Gasteiger partial charge in [0.15, 0.2) is 0 Å². The van der Waals surface area contributed by atoms with Gasteiger partial charge in [-0.3, -0.25) is 4.79 Å². The number of aromatic nitrogens is 1. The minimum atomic E-state index is -0.693. The van der Waals surface area contributed by atoms with Gasteiger partial charge in [-0.2, -0.15) is 0 Å². The second-order valence-electron chi connectivity index (χ2n) is 4.77. The van der Waals surface area contributed by atoms with E-state index in [0.717, 1.165) is 32.0 Å². The van der Waals surface area contributed by atoms with Crippen LogP contribution in [0.25, 0.3) is 10.6 Å². The van der Waals surface area contributed by atoms with Crippen LogP contribution in [0, 0.1) is 12.8 Å². The lowest BCUT2D eigenvalue weighted by atomic mass is 10.2. The third kappa shape index (κ3) is 2.44. The highest BCUT2D eigenvalue weighted by Crippen LogP contribution is 2.51. The first-order valence-corrected chi connectivity index (χ1v) is 7.63. The summed E-state index contributed by atoms with van der Waals surface area (Å²) in [7, 11) is 0. The fourth-order valence-corrected chi connectivity index (χ4v) is 3.90. The van der Waals surface area contributed by atoms with Crippen molar-refractivity contribution in [2.75, 3.05) is 0 Å². The van der Waals surface area contributed by atoms with Crippen LogP contribution in [0.4, 0.5) is 0 Å². The standard InChI is InChI=1S/C14H12BrNO2S/c1-7-12(10-6-11(10)14(17)18)19-13(16-7)8-3-2-4-9(15)5-8/h2-5,10-11H,6H2,1H3,(H,17,18). The van der Waals surface area contributed by atoms with Crippen LogP contribution in [0.1, 0.15) is 22.9 Å². The number of halogens is 1. The molecule has 0 aliphatic heterocycles.